The topological polar surface area (TPSA) is 156 Å². The summed E-state index contributed by atoms with van der Waals surface area (Å²) in [5, 5.41) is 12.0. The van der Waals surface area contributed by atoms with Crippen molar-refractivity contribution in [1.29, 1.82) is 5.41 Å². The van der Waals surface area contributed by atoms with Crippen molar-refractivity contribution in [2.45, 2.75) is 46.5 Å². The monoisotopic (exact) mass is 575 g/mol. The van der Waals surface area contributed by atoms with Crippen molar-refractivity contribution in [3.8, 4) is 11.3 Å². The van der Waals surface area contributed by atoms with E-state index in [1.165, 1.54) is 25.9 Å². The Hall–Kier alpha value is -4.09. The Labute approximate surface area is 248 Å². The molecule has 1 aromatic heterocycles. The molecule has 1 fully saturated rings. The van der Waals surface area contributed by atoms with E-state index in [0.717, 1.165) is 73.0 Å². The van der Waals surface area contributed by atoms with Crippen LogP contribution in [0.1, 0.15) is 53.7 Å². The number of carbonyl (C=O) groups is 3. The summed E-state index contributed by atoms with van der Waals surface area (Å²) in [4.78, 5) is 35.6. The minimum Gasteiger partial charge on any atom is -0.398 e. The molecule has 0 radical (unpaired) electrons. The zero-order valence-electron chi connectivity index (χ0n) is 24.9. The van der Waals surface area contributed by atoms with Gasteiger partial charge in [-0.25, -0.2) is 4.98 Å². The molecule has 1 saturated heterocycles. The third-order valence-electron chi connectivity index (χ3n) is 6.64. The number of hydrogen-bond donors (Lipinski definition) is 3. The number of carbonyl (C=O) groups excluding carboxylic acids is 3. The number of ether oxygens (including phenoxy) is 1. The van der Waals surface area contributed by atoms with Crippen molar-refractivity contribution in [3.63, 3.8) is 0 Å². The third kappa shape index (κ3) is 9.22. The molecule has 0 unspecified atom stereocenters. The van der Waals surface area contributed by atoms with Crippen LogP contribution in [-0.4, -0.2) is 75.5 Å². The third-order valence-corrected chi connectivity index (χ3v) is 6.64. The number of nitrogens with one attached hydrogen (secondary N) is 2. The van der Waals surface area contributed by atoms with Gasteiger partial charge in [0.25, 0.3) is 5.91 Å². The first-order valence-corrected chi connectivity index (χ1v) is 13.9. The number of nitrogen functional groups attached to an aromatic ring is 1. The van der Waals surface area contributed by atoms with Crippen LogP contribution < -0.4 is 11.1 Å². The van der Waals surface area contributed by atoms with Crippen molar-refractivity contribution in [2.75, 3.05) is 38.5 Å². The van der Waals surface area contributed by atoms with Crippen molar-refractivity contribution in [2.24, 2.45) is 0 Å². The molecule has 0 spiro atoms. The second-order valence-corrected chi connectivity index (χ2v) is 9.18. The molecule has 2 aliphatic rings. The summed E-state index contributed by atoms with van der Waals surface area (Å²) in [6.07, 6.45) is 4.69. The molecular formula is C31H42BN5O5. The van der Waals surface area contributed by atoms with Gasteiger partial charge >= 0.3 is 18.7 Å². The Kier molecular flexibility index (Phi) is 17.0. The molecule has 10 nitrogen and oxygen atoms in total. The van der Waals surface area contributed by atoms with E-state index in [9.17, 15) is 4.79 Å². The number of fused-ring (bicyclic) bond motifs is 3. The number of benzene rings is 2. The Morgan fingerprint density at radius 1 is 1.07 bits per heavy atom. The number of piperazine rings is 1. The molecule has 0 atom stereocenters. The smallest absolute Gasteiger partial charge is 0.253 e. The number of amides is 1. The molecule has 2 aromatic carbocycles. The van der Waals surface area contributed by atoms with Crippen LogP contribution in [0.5, 0.6) is 0 Å². The van der Waals surface area contributed by atoms with E-state index >= 15 is 0 Å². The zero-order chi connectivity index (χ0) is 31.5. The Bertz CT molecular complexity index is 1290. The molecule has 0 saturated carbocycles. The molecule has 3 heterocycles. The quantitative estimate of drug-likeness (QED) is 0.238. The molecular weight excluding hydrogens is 533 g/mol. The summed E-state index contributed by atoms with van der Waals surface area (Å²) in [5.41, 5.74) is 13.0. The predicted molar refractivity (Wildman–Crippen MR) is 169 cm³/mol. The molecule has 1 amide bonds. The maximum Gasteiger partial charge on any atom is 0.253 e. The fourth-order valence-corrected chi connectivity index (χ4v) is 4.51. The molecule has 2 aliphatic heterocycles. The van der Waals surface area contributed by atoms with Gasteiger partial charge in [-0.05, 0) is 41.8 Å². The van der Waals surface area contributed by atoms with Crippen molar-refractivity contribution >= 4 is 49.4 Å². The number of anilines is 1. The van der Waals surface area contributed by atoms with Crippen LogP contribution in [0.15, 0.2) is 36.4 Å². The summed E-state index contributed by atoms with van der Waals surface area (Å²) in [5.74, 6) is 0.0704. The van der Waals surface area contributed by atoms with Crippen molar-refractivity contribution in [3.05, 3.63) is 58.7 Å². The number of nitrogens with zero attached hydrogens (tertiary/aromatic N) is 2. The summed E-state index contributed by atoms with van der Waals surface area (Å²) in [6.45, 7) is 14.1. The number of unbranched alkanes of at least 4 members (excludes halogenated alkanes) is 1. The summed E-state index contributed by atoms with van der Waals surface area (Å²) < 4.78 is 14.6. The van der Waals surface area contributed by atoms with Crippen LogP contribution in [0, 0.1) is 5.41 Å². The van der Waals surface area contributed by atoms with Gasteiger partial charge in [-0.3, -0.25) is 4.79 Å². The fraction of sp³-hybridized carbons (Fsp3) is 0.387. The van der Waals surface area contributed by atoms with E-state index in [2.05, 4.69) is 19.2 Å². The van der Waals surface area contributed by atoms with Crippen LogP contribution >= 0.6 is 0 Å². The average Bonchev–Trinajstić information content (AvgIpc) is 3.07. The number of nitrogens with two attached hydrogens (primary N) is 1. The maximum absolute atomic E-state index is 12.8. The first-order chi connectivity index (χ1) is 20.5. The zero-order valence-corrected chi connectivity index (χ0v) is 24.9. The first kappa shape index (κ1) is 35.9. The van der Waals surface area contributed by atoms with Crippen LogP contribution in [0.3, 0.4) is 0 Å². The van der Waals surface area contributed by atoms with Crippen molar-refractivity contribution < 1.29 is 23.8 Å². The molecule has 11 heteroatoms. The SMILES string of the molecule is C=O.C=O.CB=O.CCCC.N=Cc1c(N)ccc2nc(-c3ccc(C(=O)N4CCNCC4)cc3)c3c(c12)COCC3. The van der Waals surface area contributed by atoms with Gasteiger partial charge in [-0.2, -0.15) is 0 Å². The van der Waals surface area contributed by atoms with E-state index in [4.69, 9.17) is 35.2 Å². The van der Waals surface area contributed by atoms with Gasteiger partial charge in [0.1, 0.15) is 13.6 Å². The van der Waals surface area contributed by atoms with Gasteiger partial charge in [-0.1, -0.05) is 38.8 Å². The number of rotatable bonds is 4. The van der Waals surface area contributed by atoms with E-state index in [1.807, 2.05) is 48.8 Å². The van der Waals surface area contributed by atoms with E-state index in [0.29, 0.717) is 30.0 Å². The number of hydrogen-bond acceptors (Lipinski definition) is 9. The molecule has 224 valence electrons. The Morgan fingerprint density at radius 3 is 2.21 bits per heavy atom. The predicted octanol–water partition coefficient (Wildman–Crippen LogP) is 4.12. The maximum atomic E-state index is 12.8. The van der Waals surface area contributed by atoms with Crippen LogP contribution in [0.2, 0.25) is 6.82 Å². The van der Waals surface area contributed by atoms with Gasteiger partial charge in [0.05, 0.1) is 24.4 Å². The van der Waals surface area contributed by atoms with Gasteiger partial charge in [0, 0.05) is 60.2 Å². The van der Waals surface area contributed by atoms with Gasteiger partial charge in [0.15, 0.2) is 0 Å². The minimum atomic E-state index is 0.0704. The molecule has 0 aliphatic carbocycles. The minimum absolute atomic E-state index is 0.0704. The molecule has 42 heavy (non-hydrogen) atoms. The summed E-state index contributed by atoms with van der Waals surface area (Å²) >= 11 is 0. The Balaban J connectivity index is 0.000000706. The molecule has 4 N–H and O–H groups in total. The molecule has 3 aromatic rings. The van der Waals surface area contributed by atoms with Crippen LogP contribution in [-0.2, 0) is 32.1 Å². The fourth-order valence-electron chi connectivity index (χ4n) is 4.51. The van der Waals surface area contributed by atoms with Crippen molar-refractivity contribution in [1.82, 2.24) is 15.2 Å². The van der Waals surface area contributed by atoms with Gasteiger partial charge < -0.3 is 35.7 Å². The molecule has 0 bridgehead atoms. The van der Waals surface area contributed by atoms with E-state index < -0.39 is 0 Å². The Morgan fingerprint density at radius 2 is 1.67 bits per heavy atom. The summed E-state index contributed by atoms with van der Waals surface area (Å²) in [7, 11) is 0.750. The normalized spacial score (nSPS) is 13.1. The number of pyridine rings is 1. The van der Waals surface area contributed by atoms with E-state index in [1.54, 1.807) is 6.07 Å². The molecule has 5 rings (SSSR count). The largest absolute Gasteiger partial charge is 0.398 e. The number of aromatic nitrogens is 1. The van der Waals surface area contributed by atoms with Crippen LogP contribution in [0.4, 0.5) is 5.69 Å². The second-order valence-electron chi connectivity index (χ2n) is 9.18. The standard InChI is InChI=1S/C24H25N5O2.C4H10.CH3BO.2CH2O/c25-13-18-20(26)5-6-21-22(18)19-14-31-12-7-17(19)23(28-21)15-1-3-16(4-2-15)24(30)29-10-8-27-9-11-29;1-3-4-2;1-2-3;2*1-2/h1-6,13,25,27H,7-12,14,26H2;3-4H2,1-2H3;1H3;2*1H2. The van der Waals surface area contributed by atoms with E-state index in [-0.39, 0.29) is 5.91 Å². The first-order valence-electron chi connectivity index (χ1n) is 13.9. The second kappa shape index (κ2) is 19.9. The van der Waals surface area contributed by atoms with Crippen LogP contribution in [0.25, 0.3) is 22.2 Å². The summed E-state index contributed by atoms with van der Waals surface area (Å²) in [6, 6.07) is 11.4. The average molecular weight is 576 g/mol. The van der Waals surface area contributed by atoms with Gasteiger partial charge in [0.2, 0.25) is 0 Å². The van der Waals surface area contributed by atoms with Gasteiger partial charge in [-0.15, -0.1) is 0 Å².